The van der Waals surface area contributed by atoms with Crippen molar-refractivity contribution in [3.63, 3.8) is 0 Å². The number of aliphatic hydroxyl groups is 1. The number of aliphatic hydroxyl groups excluding tert-OH is 1. The number of hydrogen-bond acceptors (Lipinski definition) is 19. The lowest BCUT2D eigenvalue weighted by atomic mass is 9.98. The summed E-state index contributed by atoms with van der Waals surface area (Å²) in [5, 5.41) is 24.4. The fourth-order valence-electron chi connectivity index (χ4n) is 14.0. The summed E-state index contributed by atoms with van der Waals surface area (Å²) in [6.45, 7) is 12.0. The largest absolute Gasteiger partial charge is 0.505 e. The summed E-state index contributed by atoms with van der Waals surface area (Å²) in [7, 11) is -5.67. The zero-order chi connectivity index (χ0) is 85.3. The van der Waals surface area contributed by atoms with Gasteiger partial charge in [0.25, 0.3) is 17.7 Å². The van der Waals surface area contributed by atoms with Crippen molar-refractivity contribution in [3.05, 3.63) is 253 Å². The molecule has 0 unspecified atom stereocenters. The number of carbonyl (C=O) groups excluding carboxylic acids is 3. The summed E-state index contributed by atoms with van der Waals surface area (Å²) in [5.41, 5.74) is 10.5. The zero-order valence-electron chi connectivity index (χ0n) is 67.5. The highest BCUT2D eigenvalue weighted by molar-refractivity contribution is 7.92. The van der Waals surface area contributed by atoms with Gasteiger partial charge in [0, 0.05) is 105 Å². The average Bonchev–Trinajstić information content (AvgIpc) is 1.62. The molecule has 32 heteroatoms. The number of aromatic hydroxyl groups is 1. The van der Waals surface area contributed by atoms with E-state index < -0.39 is 44.3 Å². The van der Waals surface area contributed by atoms with E-state index in [1.807, 2.05) is 60.7 Å². The Labute approximate surface area is 684 Å². The van der Waals surface area contributed by atoms with E-state index in [0.717, 1.165) is 67.6 Å². The number of nitrogens with zero attached hydrogens (tertiary/aromatic N) is 8. The Morgan fingerprint density at radius 1 is 0.492 bits per heavy atom. The molecule has 0 saturated carbocycles. The number of anilines is 3. The van der Waals surface area contributed by atoms with E-state index >= 15 is 0 Å². The minimum atomic E-state index is -3.75. The molecule has 3 aromatic heterocycles. The van der Waals surface area contributed by atoms with Crippen LogP contribution in [0.3, 0.4) is 0 Å². The normalized spacial score (nSPS) is 13.3. The van der Waals surface area contributed by atoms with Crippen molar-refractivity contribution in [1.29, 1.82) is 0 Å². The van der Waals surface area contributed by atoms with E-state index in [2.05, 4.69) is 49.1 Å². The molecule has 0 atom stereocenters. The van der Waals surface area contributed by atoms with Crippen LogP contribution in [0.2, 0.25) is 18.1 Å². The second-order valence-electron chi connectivity index (χ2n) is 30.7. The molecule has 0 saturated heterocycles. The van der Waals surface area contributed by atoms with Crippen molar-refractivity contribution in [2.75, 3.05) is 93.3 Å². The molecule has 14 rings (SSSR count). The average molecular weight is 1690 g/mol. The fraction of sp³-hybridized carbons (Fsp3) is 0.302. The first kappa shape index (κ1) is 85.9. The Morgan fingerprint density at radius 2 is 0.839 bits per heavy atom. The van der Waals surface area contributed by atoms with Gasteiger partial charge in [0.15, 0.2) is 25.6 Å². The number of β-amino-alcohol motifs (C(OH)–C–C–N with tert-alkyl or cyclic N) is 1. The summed E-state index contributed by atoms with van der Waals surface area (Å²) in [4.78, 5) is 56.8. The molecule has 0 spiro atoms. The van der Waals surface area contributed by atoms with Crippen LogP contribution in [-0.2, 0) is 86.6 Å². The lowest BCUT2D eigenvalue weighted by Gasteiger charge is -2.36. The molecular weight excluding hydrogens is 1600 g/mol. The quantitative estimate of drug-likeness (QED) is 0.0424. The van der Waals surface area contributed by atoms with E-state index in [0.29, 0.717) is 116 Å². The predicted octanol–water partition coefficient (Wildman–Crippen LogP) is 13.1. The maximum atomic E-state index is 14.2. The highest BCUT2D eigenvalue weighted by Gasteiger charge is 2.42. The molecule has 11 aromatic rings. The predicted molar refractivity (Wildman–Crippen MR) is 450 cm³/mol. The number of sulfonamides is 3. The number of nitrogens with one attached hydrogen (secondary N) is 1. The standard InChI is InChI=1S/C36H44FN3O6SSi.C28H26FN3O5S.C22H22FN3O5S/c1-36(2,3)48(7,8)46-18-17-40-22-30-31(35(40)41)34(45-23-25-11-15-28(44-5)16-12-25)32-29(33(30)39(4)47(6,42)43)20-26(21-38-32)19-24-9-13-27(37)14-10-24;1-32(38(3,34)35)26-22-13-19(12-17-4-8-20(29)9-5-17)14-30-25(22)27(24-23(26)15-31-28(24)33)37-16-18-6-10-21(36-2)11-7-18;1-25(32(2,30)31)20-16-10-14(9-13-3-5-15(23)6-4-13)11-24-19(16)21(28)18-17(20)12-26(7-8-27)22(18)29/h9-16,20-21H,17-19,22-23H2,1-8H3;4-11,13-14H,12,15-16H2,1-3H3,(H,31,33);3-6,10-11,27-28H,7-9,12H2,1-2H3. The number of methoxy groups -OCH3 is 2. The van der Waals surface area contributed by atoms with Gasteiger partial charge < -0.3 is 48.7 Å². The van der Waals surface area contributed by atoms with Crippen LogP contribution in [0, 0.1) is 17.5 Å². The Bertz CT molecular complexity index is 6050. The molecule has 0 radical (unpaired) electrons. The van der Waals surface area contributed by atoms with Gasteiger partial charge in [-0.05, 0) is 161 Å². The first-order valence-electron chi connectivity index (χ1n) is 37.6. The second kappa shape index (κ2) is 34.6. The van der Waals surface area contributed by atoms with Crippen molar-refractivity contribution >= 4 is 106 Å². The molecule has 3 N–H and O–H groups in total. The number of halogens is 3. The SMILES string of the molecule is CN(c1c2c(c(O)c3ncc(Cc4ccc(F)cc4)cc13)C(=O)N(CCO)C2)S(C)(=O)=O.COc1ccc(COc2c3c(c(N(C)S(C)(=O)=O)c4cc(Cc5ccc(F)cc5)cnc24)CN(CCO[Si](C)(C)C(C)(C)C)C3=O)cc1.COc1ccc(COc2c3c(c(N(C)S(C)(=O)=O)c4cc(Cc5ccc(F)cc5)cnc24)CNC3=O)cc1. The Kier molecular flexibility index (Phi) is 25.2. The summed E-state index contributed by atoms with van der Waals surface area (Å²) in [5.74, 6) is -0.426. The highest BCUT2D eigenvalue weighted by atomic mass is 32.2. The smallest absolute Gasteiger partial charge is 0.258 e. The van der Waals surface area contributed by atoms with Crippen molar-refractivity contribution in [2.45, 2.75) is 91.0 Å². The van der Waals surface area contributed by atoms with Gasteiger partial charge in [-0.1, -0.05) is 81.4 Å². The first-order valence-corrected chi connectivity index (χ1v) is 46.0. The summed E-state index contributed by atoms with van der Waals surface area (Å²) < 4.78 is 150. The van der Waals surface area contributed by atoms with Crippen molar-refractivity contribution in [3.8, 4) is 28.7 Å². The maximum Gasteiger partial charge on any atom is 0.258 e. The van der Waals surface area contributed by atoms with Crippen molar-refractivity contribution in [1.82, 2.24) is 30.1 Å². The fourth-order valence-corrected chi connectivity index (χ4v) is 16.7. The molecule has 6 heterocycles. The molecular formula is C86H92F3N9O16S3Si. The summed E-state index contributed by atoms with van der Waals surface area (Å²) in [6.07, 6.45) is 9.50. The topological polar surface area (TPSA) is 307 Å². The van der Waals surface area contributed by atoms with Gasteiger partial charge in [-0.3, -0.25) is 42.3 Å². The Hall–Kier alpha value is -11.4. The van der Waals surface area contributed by atoms with Crippen molar-refractivity contribution in [2.24, 2.45) is 0 Å². The number of fused-ring (bicyclic) bond motifs is 6. The number of aromatic nitrogens is 3. The minimum Gasteiger partial charge on any atom is -0.505 e. The molecule has 3 aliphatic heterocycles. The number of phenols is 1. The first-order chi connectivity index (χ1) is 55.8. The minimum absolute atomic E-state index is 0.00441. The van der Waals surface area contributed by atoms with E-state index in [1.165, 1.54) is 77.2 Å². The van der Waals surface area contributed by atoms with Crippen LogP contribution in [0.5, 0.6) is 28.7 Å². The molecule has 3 amide bonds. The van der Waals surface area contributed by atoms with Gasteiger partial charge in [-0.25, -0.2) is 38.4 Å². The molecule has 3 aliphatic rings. The van der Waals surface area contributed by atoms with Gasteiger partial charge in [0.2, 0.25) is 30.1 Å². The molecule has 0 bridgehead atoms. The van der Waals surface area contributed by atoms with Crippen LogP contribution in [-0.4, -0.2) is 167 Å². The third-order valence-corrected chi connectivity index (χ3v) is 29.6. The van der Waals surface area contributed by atoms with E-state index in [9.17, 15) is 63.0 Å². The van der Waals surface area contributed by atoms with Crippen LogP contribution in [0.25, 0.3) is 32.7 Å². The number of amides is 3. The molecule has 118 heavy (non-hydrogen) atoms. The number of carbonyl (C=O) groups is 3. The van der Waals surface area contributed by atoms with Crippen LogP contribution in [0.15, 0.2) is 158 Å². The van der Waals surface area contributed by atoms with Crippen molar-refractivity contribution < 1.29 is 86.4 Å². The van der Waals surface area contributed by atoms with Crippen LogP contribution in [0.1, 0.15) is 113 Å². The van der Waals surface area contributed by atoms with Gasteiger partial charge in [-0.2, -0.15) is 0 Å². The number of benzene rings is 8. The van der Waals surface area contributed by atoms with E-state index in [1.54, 1.807) is 74.0 Å². The molecule has 0 fully saturated rings. The van der Waals surface area contributed by atoms with Crippen LogP contribution >= 0.6 is 0 Å². The highest BCUT2D eigenvalue weighted by Crippen LogP contribution is 2.49. The number of pyridine rings is 3. The van der Waals surface area contributed by atoms with Gasteiger partial charge in [-0.15, -0.1) is 0 Å². The summed E-state index contributed by atoms with van der Waals surface area (Å²) in [6, 6.07) is 38.6. The molecule has 25 nitrogen and oxygen atoms in total. The van der Waals surface area contributed by atoms with Crippen LogP contribution < -0.4 is 37.2 Å². The Morgan fingerprint density at radius 3 is 1.22 bits per heavy atom. The zero-order valence-corrected chi connectivity index (χ0v) is 71.0. The monoisotopic (exact) mass is 1690 g/mol. The Balaban J connectivity index is 0.000000166. The third kappa shape index (κ3) is 18.6. The van der Waals surface area contributed by atoms with E-state index in [-0.39, 0.29) is 108 Å². The number of hydrogen-bond donors (Lipinski definition) is 3. The maximum absolute atomic E-state index is 14.2. The van der Waals surface area contributed by atoms with Gasteiger partial charge in [0.05, 0.1) is 80.0 Å². The van der Waals surface area contributed by atoms with Gasteiger partial charge in [0.1, 0.15) is 58.7 Å². The number of rotatable bonds is 26. The molecule has 0 aliphatic carbocycles. The van der Waals surface area contributed by atoms with E-state index in [4.69, 9.17) is 28.4 Å². The number of phenolic OH excluding ortho intramolecular Hbond substituents is 1. The van der Waals surface area contributed by atoms with Gasteiger partial charge >= 0.3 is 0 Å². The summed E-state index contributed by atoms with van der Waals surface area (Å²) >= 11 is 0. The molecule has 8 aromatic carbocycles. The van der Waals surface area contributed by atoms with Crippen LogP contribution in [0.4, 0.5) is 30.2 Å². The third-order valence-electron chi connectivity index (χ3n) is 21.5. The molecule has 620 valence electrons. The lowest BCUT2D eigenvalue weighted by molar-refractivity contribution is 0.0738. The number of ether oxygens (including phenoxy) is 4. The second-order valence-corrected chi connectivity index (χ2v) is 41.5. The lowest BCUT2D eigenvalue weighted by Crippen LogP contribution is -2.42.